The molecule has 3 N–H and O–H groups in total. The molecule has 2 aromatic carbocycles. The minimum absolute atomic E-state index is 0.354. The summed E-state index contributed by atoms with van der Waals surface area (Å²) in [7, 11) is 0. The van der Waals surface area contributed by atoms with Gasteiger partial charge in [0.1, 0.15) is 0 Å². The van der Waals surface area contributed by atoms with Crippen LogP contribution in [0.1, 0.15) is 11.1 Å². The van der Waals surface area contributed by atoms with Gasteiger partial charge >= 0.3 is 6.18 Å². The lowest BCUT2D eigenvalue weighted by Crippen LogP contribution is -2.06. The highest BCUT2D eigenvalue weighted by Crippen LogP contribution is 2.35. The first kappa shape index (κ1) is 14.7. The maximum atomic E-state index is 12.7. The number of hydrogen-bond acceptors (Lipinski definition) is 2. The molecule has 2 aromatic rings. The number of nitrogen functional groups attached to an aromatic ring is 1. The van der Waals surface area contributed by atoms with Crippen LogP contribution >= 0.6 is 15.9 Å². The van der Waals surface area contributed by atoms with E-state index >= 15 is 0 Å². The molecule has 0 saturated heterocycles. The SMILES string of the molecule is Cc1cc(N)ccc1Nc1cc(C(F)(F)F)ccc1Br. The van der Waals surface area contributed by atoms with Crippen molar-refractivity contribution in [3.05, 3.63) is 52.0 Å². The van der Waals surface area contributed by atoms with Gasteiger partial charge < -0.3 is 11.1 Å². The first-order valence-electron chi connectivity index (χ1n) is 5.77. The van der Waals surface area contributed by atoms with E-state index < -0.39 is 11.7 Å². The second-order valence-corrected chi connectivity index (χ2v) is 5.25. The van der Waals surface area contributed by atoms with Crippen molar-refractivity contribution in [1.82, 2.24) is 0 Å². The number of anilines is 3. The minimum atomic E-state index is -4.37. The topological polar surface area (TPSA) is 38.0 Å². The Hall–Kier alpha value is -1.69. The van der Waals surface area contributed by atoms with E-state index in [4.69, 9.17) is 5.73 Å². The van der Waals surface area contributed by atoms with Crippen LogP contribution in [0.15, 0.2) is 40.9 Å². The number of alkyl halides is 3. The summed E-state index contributed by atoms with van der Waals surface area (Å²) < 4.78 is 38.7. The van der Waals surface area contributed by atoms with Crippen molar-refractivity contribution in [2.24, 2.45) is 0 Å². The molecule has 2 rings (SSSR count). The predicted octanol–water partition coefficient (Wildman–Crippen LogP) is 5.10. The van der Waals surface area contributed by atoms with Gasteiger partial charge in [-0.05, 0) is 64.8 Å². The monoisotopic (exact) mass is 344 g/mol. The van der Waals surface area contributed by atoms with Crippen molar-refractivity contribution in [3.8, 4) is 0 Å². The molecule has 0 heterocycles. The van der Waals surface area contributed by atoms with Gasteiger partial charge in [0.25, 0.3) is 0 Å². The molecule has 0 atom stereocenters. The molecule has 0 aliphatic carbocycles. The van der Waals surface area contributed by atoms with E-state index in [-0.39, 0.29) is 0 Å². The van der Waals surface area contributed by atoms with E-state index in [9.17, 15) is 13.2 Å². The number of nitrogens with two attached hydrogens (primary N) is 1. The van der Waals surface area contributed by atoms with Gasteiger partial charge in [-0.25, -0.2) is 0 Å². The van der Waals surface area contributed by atoms with Crippen molar-refractivity contribution >= 4 is 33.0 Å². The van der Waals surface area contributed by atoms with Gasteiger partial charge in [0, 0.05) is 15.8 Å². The Morgan fingerprint density at radius 3 is 2.35 bits per heavy atom. The van der Waals surface area contributed by atoms with E-state index in [1.807, 2.05) is 6.92 Å². The Labute approximate surface area is 122 Å². The van der Waals surface area contributed by atoms with Crippen molar-refractivity contribution < 1.29 is 13.2 Å². The van der Waals surface area contributed by atoms with E-state index in [0.717, 1.165) is 17.7 Å². The van der Waals surface area contributed by atoms with Gasteiger partial charge in [-0.15, -0.1) is 0 Å². The highest BCUT2D eigenvalue weighted by atomic mass is 79.9. The van der Waals surface area contributed by atoms with Gasteiger partial charge in [-0.1, -0.05) is 0 Å². The molecule has 0 unspecified atom stereocenters. The standard InChI is InChI=1S/C14H12BrF3N2/c1-8-6-10(19)3-5-12(8)20-13-7-9(14(16,17)18)2-4-11(13)15/h2-7,20H,19H2,1H3. The summed E-state index contributed by atoms with van der Waals surface area (Å²) in [5, 5.41) is 2.98. The highest BCUT2D eigenvalue weighted by molar-refractivity contribution is 9.10. The fourth-order valence-corrected chi connectivity index (χ4v) is 2.12. The molecule has 0 aromatic heterocycles. The van der Waals surface area contributed by atoms with E-state index in [2.05, 4.69) is 21.2 Å². The molecule has 2 nitrogen and oxygen atoms in total. The zero-order chi connectivity index (χ0) is 14.9. The molecule has 0 spiro atoms. The van der Waals surface area contributed by atoms with E-state index in [1.54, 1.807) is 18.2 Å². The van der Waals surface area contributed by atoms with Crippen LogP contribution in [-0.4, -0.2) is 0 Å². The molecule has 0 bridgehead atoms. The summed E-state index contributed by atoms with van der Waals surface area (Å²) in [5.41, 5.74) is 7.47. The van der Waals surface area contributed by atoms with Crippen molar-refractivity contribution in [2.75, 3.05) is 11.1 Å². The second-order valence-electron chi connectivity index (χ2n) is 4.39. The van der Waals surface area contributed by atoms with Gasteiger partial charge in [0.05, 0.1) is 11.3 Å². The van der Waals surface area contributed by atoms with Crippen LogP contribution < -0.4 is 11.1 Å². The van der Waals surface area contributed by atoms with Crippen molar-refractivity contribution in [3.63, 3.8) is 0 Å². The van der Waals surface area contributed by atoms with Crippen LogP contribution in [0.4, 0.5) is 30.2 Å². The van der Waals surface area contributed by atoms with Gasteiger partial charge in [0.15, 0.2) is 0 Å². The molecular formula is C14H12BrF3N2. The van der Waals surface area contributed by atoms with Crippen molar-refractivity contribution in [2.45, 2.75) is 13.1 Å². The van der Waals surface area contributed by atoms with Crippen LogP contribution in [0.25, 0.3) is 0 Å². The van der Waals surface area contributed by atoms with Crippen LogP contribution in [0, 0.1) is 6.92 Å². The number of halogens is 4. The molecule has 0 aliphatic heterocycles. The number of hydrogen-bond donors (Lipinski definition) is 2. The fourth-order valence-electron chi connectivity index (χ4n) is 1.77. The Morgan fingerprint density at radius 1 is 1.05 bits per heavy atom. The minimum Gasteiger partial charge on any atom is -0.399 e. The smallest absolute Gasteiger partial charge is 0.399 e. The van der Waals surface area contributed by atoms with Gasteiger partial charge in [-0.3, -0.25) is 0 Å². The average molecular weight is 345 g/mol. The summed E-state index contributed by atoms with van der Waals surface area (Å²) in [6, 6.07) is 8.65. The summed E-state index contributed by atoms with van der Waals surface area (Å²) in [4.78, 5) is 0. The van der Waals surface area contributed by atoms with E-state index in [1.165, 1.54) is 6.07 Å². The first-order valence-corrected chi connectivity index (χ1v) is 6.56. The Morgan fingerprint density at radius 2 is 1.75 bits per heavy atom. The third-order valence-corrected chi connectivity index (χ3v) is 3.50. The molecule has 0 fully saturated rings. The molecule has 20 heavy (non-hydrogen) atoms. The number of benzene rings is 2. The molecular weight excluding hydrogens is 333 g/mol. The number of aryl methyl sites for hydroxylation is 1. The fraction of sp³-hybridized carbons (Fsp3) is 0.143. The van der Waals surface area contributed by atoms with Crippen LogP contribution in [-0.2, 0) is 6.18 Å². The lowest BCUT2D eigenvalue weighted by molar-refractivity contribution is -0.137. The van der Waals surface area contributed by atoms with Gasteiger partial charge in [-0.2, -0.15) is 13.2 Å². The van der Waals surface area contributed by atoms with Crippen LogP contribution in [0.5, 0.6) is 0 Å². The van der Waals surface area contributed by atoms with Crippen LogP contribution in [0.3, 0.4) is 0 Å². The maximum Gasteiger partial charge on any atom is 0.416 e. The van der Waals surface area contributed by atoms with Crippen molar-refractivity contribution in [1.29, 1.82) is 0 Å². The molecule has 6 heteroatoms. The van der Waals surface area contributed by atoms with Crippen LogP contribution in [0.2, 0.25) is 0 Å². The van der Waals surface area contributed by atoms with Gasteiger partial charge in [0.2, 0.25) is 0 Å². The summed E-state index contributed by atoms with van der Waals surface area (Å²) >= 11 is 3.24. The average Bonchev–Trinajstić information content (AvgIpc) is 2.33. The Bertz CT molecular complexity index is 639. The number of nitrogens with one attached hydrogen (secondary N) is 1. The summed E-state index contributed by atoms with van der Waals surface area (Å²) in [6.07, 6.45) is -4.37. The lowest BCUT2D eigenvalue weighted by atomic mass is 10.1. The zero-order valence-electron chi connectivity index (χ0n) is 10.6. The van der Waals surface area contributed by atoms with E-state index in [0.29, 0.717) is 21.5 Å². The Balaban J connectivity index is 2.38. The summed E-state index contributed by atoms with van der Waals surface area (Å²) in [6.45, 7) is 1.83. The Kier molecular flexibility index (Phi) is 3.94. The molecule has 0 radical (unpaired) electrons. The number of rotatable bonds is 2. The lowest BCUT2D eigenvalue weighted by Gasteiger charge is -2.14. The quantitative estimate of drug-likeness (QED) is 0.743. The predicted molar refractivity (Wildman–Crippen MR) is 78.0 cm³/mol. The largest absolute Gasteiger partial charge is 0.416 e. The highest BCUT2D eigenvalue weighted by Gasteiger charge is 2.30. The second kappa shape index (κ2) is 5.36. The summed E-state index contributed by atoms with van der Waals surface area (Å²) in [5.74, 6) is 0. The third-order valence-electron chi connectivity index (χ3n) is 2.81. The zero-order valence-corrected chi connectivity index (χ0v) is 12.1. The molecule has 0 saturated carbocycles. The first-order chi connectivity index (χ1) is 9.27. The normalized spacial score (nSPS) is 11.4. The third kappa shape index (κ3) is 3.25. The molecule has 106 valence electrons. The maximum absolute atomic E-state index is 12.7. The molecule has 0 amide bonds. The molecule has 0 aliphatic rings.